The van der Waals surface area contributed by atoms with E-state index in [9.17, 15) is 27.6 Å². The number of nitrogens with zero attached hydrogens (tertiary/aromatic N) is 1. The number of hydrogen-bond acceptors (Lipinski definition) is 4. The SMILES string of the molecule is O=C(OCCCn1c(=O)[nH]c2ccccc2c1=O)C(F)(F)F. The van der Waals surface area contributed by atoms with Gasteiger partial charge in [0.05, 0.1) is 17.5 Å². The molecule has 9 heteroatoms. The lowest BCUT2D eigenvalue weighted by atomic mass is 10.2. The highest BCUT2D eigenvalue weighted by molar-refractivity contribution is 5.77. The number of H-pyrrole nitrogens is 1. The monoisotopic (exact) mass is 316 g/mol. The molecule has 22 heavy (non-hydrogen) atoms. The summed E-state index contributed by atoms with van der Waals surface area (Å²) in [5.74, 6) is -2.30. The summed E-state index contributed by atoms with van der Waals surface area (Å²) in [6.07, 6.45) is -5.15. The molecule has 118 valence electrons. The second-order valence-electron chi connectivity index (χ2n) is 4.42. The standard InChI is InChI=1S/C13H11F3N2O4/c14-13(15,16)11(20)22-7-3-6-18-10(19)8-4-1-2-5-9(8)17-12(18)21/h1-2,4-5H,3,6-7H2,(H,17,21). The summed E-state index contributed by atoms with van der Waals surface area (Å²) >= 11 is 0. The summed E-state index contributed by atoms with van der Waals surface area (Å²) in [5, 5.41) is 0.286. The normalized spacial score (nSPS) is 11.6. The zero-order valence-corrected chi connectivity index (χ0v) is 11.1. The van der Waals surface area contributed by atoms with Gasteiger partial charge in [-0.2, -0.15) is 13.2 Å². The Morgan fingerprint density at radius 3 is 2.59 bits per heavy atom. The molecule has 0 fully saturated rings. The summed E-state index contributed by atoms with van der Waals surface area (Å²) < 4.78 is 40.6. The van der Waals surface area contributed by atoms with Crippen LogP contribution < -0.4 is 11.2 Å². The molecule has 0 radical (unpaired) electrons. The molecule has 2 aromatic rings. The molecule has 0 spiro atoms. The van der Waals surface area contributed by atoms with Gasteiger partial charge in [-0.05, 0) is 18.6 Å². The van der Waals surface area contributed by atoms with Gasteiger partial charge in [0.1, 0.15) is 0 Å². The average Bonchev–Trinajstić information content (AvgIpc) is 2.45. The molecule has 1 heterocycles. The number of alkyl halides is 3. The molecule has 0 unspecified atom stereocenters. The maximum Gasteiger partial charge on any atom is 0.490 e. The Morgan fingerprint density at radius 1 is 1.23 bits per heavy atom. The quantitative estimate of drug-likeness (QED) is 0.678. The van der Waals surface area contributed by atoms with Crippen LogP contribution in [-0.4, -0.2) is 28.3 Å². The number of esters is 1. The summed E-state index contributed by atoms with van der Waals surface area (Å²) in [6, 6.07) is 6.36. The largest absolute Gasteiger partial charge is 0.490 e. The first-order valence-corrected chi connectivity index (χ1v) is 6.26. The molecule has 1 N–H and O–H groups in total. The number of ether oxygens (including phenoxy) is 1. The van der Waals surface area contributed by atoms with Crippen LogP contribution in [0.25, 0.3) is 10.9 Å². The topological polar surface area (TPSA) is 81.2 Å². The lowest BCUT2D eigenvalue weighted by molar-refractivity contribution is -0.199. The number of halogens is 3. The third-order valence-electron chi connectivity index (χ3n) is 2.88. The van der Waals surface area contributed by atoms with Crippen LogP contribution in [0.4, 0.5) is 13.2 Å². The van der Waals surface area contributed by atoms with E-state index < -0.39 is 30.0 Å². The van der Waals surface area contributed by atoms with Crippen LogP contribution >= 0.6 is 0 Å². The predicted molar refractivity (Wildman–Crippen MR) is 70.5 cm³/mol. The molecular formula is C13H11F3N2O4. The zero-order chi connectivity index (χ0) is 16.3. The van der Waals surface area contributed by atoms with E-state index in [0.29, 0.717) is 5.52 Å². The highest BCUT2D eigenvalue weighted by Crippen LogP contribution is 2.16. The fourth-order valence-corrected chi connectivity index (χ4v) is 1.87. The van der Waals surface area contributed by atoms with E-state index in [1.807, 2.05) is 0 Å². The van der Waals surface area contributed by atoms with Crippen molar-refractivity contribution in [3.63, 3.8) is 0 Å². The van der Waals surface area contributed by atoms with Crippen molar-refractivity contribution in [3.8, 4) is 0 Å². The van der Waals surface area contributed by atoms with Crippen LogP contribution in [0.1, 0.15) is 6.42 Å². The molecule has 1 aromatic carbocycles. The van der Waals surface area contributed by atoms with Crippen molar-refractivity contribution in [3.05, 3.63) is 45.1 Å². The van der Waals surface area contributed by atoms with Gasteiger partial charge >= 0.3 is 17.8 Å². The average molecular weight is 316 g/mol. The molecular weight excluding hydrogens is 305 g/mol. The Labute approximate surface area is 121 Å². The van der Waals surface area contributed by atoms with Gasteiger partial charge in [0, 0.05) is 6.54 Å². The van der Waals surface area contributed by atoms with Crippen LogP contribution in [0.5, 0.6) is 0 Å². The molecule has 2 rings (SSSR count). The Balaban J connectivity index is 2.08. The van der Waals surface area contributed by atoms with E-state index in [-0.39, 0.29) is 18.4 Å². The maximum atomic E-state index is 12.1. The number of hydrogen-bond donors (Lipinski definition) is 1. The molecule has 0 bridgehead atoms. The van der Waals surface area contributed by atoms with Crippen molar-refractivity contribution in [1.82, 2.24) is 9.55 Å². The van der Waals surface area contributed by atoms with Crippen molar-refractivity contribution in [1.29, 1.82) is 0 Å². The number of fused-ring (bicyclic) bond motifs is 1. The van der Waals surface area contributed by atoms with Crippen LogP contribution in [0, 0.1) is 0 Å². The Morgan fingerprint density at radius 2 is 1.91 bits per heavy atom. The molecule has 0 atom stereocenters. The summed E-state index contributed by atoms with van der Waals surface area (Å²) in [6.45, 7) is -0.707. The molecule has 0 saturated heterocycles. The van der Waals surface area contributed by atoms with Crippen LogP contribution in [-0.2, 0) is 16.1 Å². The van der Waals surface area contributed by atoms with E-state index in [1.165, 1.54) is 6.07 Å². The zero-order valence-electron chi connectivity index (χ0n) is 11.1. The predicted octanol–water partition coefficient (Wildman–Crippen LogP) is 1.19. The number of aromatic amines is 1. The minimum atomic E-state index is -5.06. The van der Waals surface area contributed by atoms with Crippen molar-refractivity contribution in [2.75, 3.05) is 6.61 Å². The van der Waals surface area contributed by atoms with Crippen molar-refractivity contribution >= 4 is 16.9 Å². The smallest absolute Gasteiger partial charge is 0.459 e. The minimum absolute atomic E-state index is 0.0941. The molecule has 0 aliphatic heterocycles. The maximum absolute atomic E-state index is 12.1. The number of para-hydroxylation sites is 1. The number of rotatable bonds is 4. The first kappa shape index (κ1) is 15.8. The second kappa shape index (κ2) is 6.04. The second-order valence-corrected chi connectivity index (χ2v) is 4.42. The molecule has 0 aliphatic carbocycles. The first-order valence-electron chi connectivity index (χ1n) is 6.26. The molecule has 6 nitrogen and oxygen atoms in total. The number of aromatic nitrogens is 2. The van der Waals surface area contributed by atoms with Gasteiger partial charge in [0.25, 0.3) is 5.56 Å². The Bertz CT molecular complexity index is 807. The minimum Gasteiger partial charge on any atom is -0.459 e. The van der Waals surface area contributed by atoms with E-state index >= 15 is 0 Å². The first-order chi connectivity index (χ1) is 10.3. The third kappa shape index (κ3) is 3.35. The van der Waals surface area contributed by atoms with E-state index in [4.69, 9.17) is 0 Å². The van der Waals surface area contributed by atoms with Crippen molar-refractivity contribution in [2.24, 2.45) is 0 Å². The highest BCUT2D eigenvalue weighted by atomic mass is 19.4. The number of nitrogens with one attached hydrogen (secondary N) is 1. The van der Waals surface area contributed by atoms with Crippen molar-refractivity contribution < 1.29 is 22.7 Å². The summed E-state index contributed by atoms with van der Waals surface area (Å²) in [4.78, 5) is 36.8. The fraction of sp³-hybridized carbons (Fsp3) is 0.308. The van der Waals surface area contributed by atoms with Crippen LogP contribution in [0.15, 0.2) is 33.9 Å². The number of carbonyl (C=O) groups excluding carboxylic acids is 1. The van der Waals surface area contributed by atoms with Gasteiger partial charge in [0.2, 0.25) is 0 Å². The highest BCUT2D eigenvalue weighted by Gasteiger charge is 2.40. The lowest BCUT2D eigenvalue weighted by Gasteiger charge is -2.08. The Hall–Kier alpha value is -2.58. The molecule has 0 amide bonds. The van der Waals surface area contributed by atoms with Gasteiger partial charge < -0.3 is 9.72 Å². The molecule has 0 saturated carbocycles. The fourth-order valence-electron chi connectivity index (χ4n) is 1.87. The number of carbonyl (C=O) groups is 1. The van der Waals surface area contributed by atoms with Gasteiger partial charge in [0.15, 0.2) is 0 Å². The Kier molecular flexibility index (Phi) is 4.34. The number of benzene rings is 1. The third-order valence-corrected chi connectivity index (χ3v) is 2.88. The van der Waals surface area contributed by atoms with Gasteiger partial charge in [-0.3, -0.25) is 9.36 Å². The molecule has 0 aliphatic rings. The molecule has 1 aromatic heterocycles. The van der Waals surface area contributed by atoms with Gasteiger partial charge in [-0.25, -0.2) is 9.59 Å². The van der Waals surface area contributed by atoms with Crippen LogP contribution in [0.2, 0.25) is 0 Å². The van der Waals surface area contributed by atoms with Crippen LogP contribution in [0.3, 0.4) is 0 Å². The van der Waals surface area contributed by atoms with E-state index in [2.05, 4.69) is 9.72 Å². The summed E-state index contributed by atoms with van der Waals surface area (Å²) in [5.41, 5.74) is -0.857. The van der Waals surface area contributed by atoms with Crippen molar-refractivity contribution in [2.45, 2.75) is 19.1 Å². The summed E-state index contributed by atoms with van der Waals surface area (Å²) in [7, 11) is 0. The van der Waals surface area contributed by atoms with E-state index in [1.54, 1.807) is 18.2 Å². The van der Waals surface area contributed by atoms with Gasteiger partial charge in [-0.1, -0.05) is 12.1 Å². The van der Waals surface area contributed by atoms with E-state index in [0.717, 1.165) is 4.57 Å². The van der Waals surface area contributed by atoms with Gasteiger partial charge in [-0.15, -0.1) is 0 Å². The lowest BCUT2D eigenvalue weighted by Crippen LogP contribution is -2.35.